The smallest absolute Gasteiger partial charge is 0.191 e. The Labute approximate surface area is 163 Å². The predicted molar refractivity (Wildman–Crippen MR) is 111 cm³/mol. The maximum absolute atomic E-state index is 6.06. The predicted octanol–water partition coefficient (Wildman–Crippen LogP) is 4.28. The zero-order chi connectivity index (χ0) is 15.4. The molecule has 0 aliphatic heterocycles. The Morgan fingerprint density at radius 2 is 2.22 bits per heavy atom. The minimum absolute atomic E-state index is 0. The van der Waals surface area contributed by atoms with Gasteiger partial charge in [-0.3, -0.25) is 4.99 Å². The first-order valence-electron chi connectivity index (χ1n) is 7.51. The van der Waals surface area contributed by atoms with E-state index in [0.717, 1.165) is 30.4 Å². The van der Waals surface area contributed by atoms with Gasteiger partial charge in [-0.15, -0.1) is 35.3 Å². The van der Waals surface area contributed by atoms with E-state index in [1.54, 1.807) is 11.3 Å². The van der Waals surface area contributed by atoms with E-state index in [4.69, 9.17) is 11.6 Å². The van der Waals surface area contributed by atoms with Crippen molar-refractivity contribution in [2.24, 2.45) is 4.99 Å². The van der Waals surface area contributed by atoms with Crippen LogP contribution in [0.25, 0.3) is 0 Å². The Morgan fingerprint density at radius 3 is 2.91 bits per heavy atom. The van der Waals surface area contributed by atoms with Crippen molar-refractivity contribution in [3.63, 3.8) is 0 Å². The Bertz CT molecular complexity index is 645. The lowest BCUT2D eigenvalue weighted by atomic mass is 10.1. The molecule has 0 bridgehead atoms. The summed E-state index contributed by atoms with van der Waals surface area (Å²) >= 11 is 7.85. The van der Waals surface area contributed by atoms with Gasteiger partial charge in [-0.05, 0) is 42.0 Å². The second-order valence-electron chi connectivity index (χ2n) is 5.48. The molecule has 2 atom stereocenters. The van der Waals surface area contributed by atoms with E-state index in [0.29, 0.717) is 12.0 Å². The molecule has 0 radical (unpaired) electrons. The highest BCUT2D eigenvalue weighted by Gasteiger charge is 2.39. The van der Waals surface area contributed by atoms with E-state index < -0.39 is 0 Å². The SMILES string of the molecule is CN=C(NCCc1cccs1)NC1CC1c1cccc(Cl)c1.I. The maximum atomic E-state index is 6.06. The lowest BCUT2D eigenvalue weighted by molar-refractivity contribution is 0.783. The summed E-state index contributed by atoms with van der Waals surface area (Å²) in [7, 11) is 1.82. The quantitative estimate of drug-likeness (QED) is 0.396. The van der Waals surface area contributed by atoms with Gasteiger partial charge < -0.3 is 10.6 Å². The topological polar surface area (TPSA) is 36.4 Å². The number of nitrogens with one attached hydrogen (secondary N) is 2. The van der Waals surface area contributed by atoms with Crippen LogP contribution in [0.5, 0.6) is 0 Å². The van der Waals surface area contributed by atoms with Crippen LogP contribution in [-0.2, 0) is 6.42 Å². The molecule has 23 heavy (non-hydrogen) atoms. The van der Waals surface area contributed by atoms with Gasteiger partial charge in [0.05, 0.1) is 0 Å². The summed E-state index contributed by atoms with van der Waals surface area (Å²) in [5.74, 6) is 1.42. The van der Waals surface area contributed by atoms with Crippen LogP contribution < -0.4 is 10.6 Å². The molecule has 1 aliphatic rings. The number of hydrogen-bond donors (Lipinski definition) is 2. The number of thiophene rings is 1. The average molecular weight is 462 g/mol. The molecule has 1 aromatic heterocycles. The van der Waals surface area contributed by atoms with Crippen LogP contribution in [-0.4, -0.2) is 25.6 Å². The van der Waals surface area contributed by atoms with Crippen molar-refractivity contribution in [1.29, 1.82) is 0 Å². The standard InChI is InChI=1S/C17H20ClN3S.HI/c1-19-17(20-8-7-14-6-3-9-22-14)21-16-11-15(16)12-4-2-5-13(18)10-12;/h2-6,9-10,15-16H,7-8,11H2,1H3,(H2,19,20,21);1H. The summed E-state index contributed by atoms with van der Waals surface area (Å²) in [6.45, 7) is 0.898. The van der Waals surface area contributed by atoms with Gasteiger partial charge in [-0.1, -0.05) is 29.8 Å². The van der Waals surface area contributed by atoms with Crippen molar-refractivity contribution < 1.29 is 0 Å². The summed E-state index contributed by atoms with van der Waals surface area (Å²) in [6.07, 6.45) is 2.16. The van der Waals surface area contributed by atoms with Gasteiger partial charge in [-0.25, -0.2) is 0 Å². The molecule has 6 heteroatoms. The molecule has 124 valence electrons. The molecule has 0 amide bonds. The van der Waals surface area contributed by atoms with Crippen molar-refractivity contribution in [1.82, 2.24) is 10.6 Å². The van der Waals surface area contributed by atoms with Crippen molar-refractivity contribution >= 4 is 52.9 Å². The molecule has 1 aromatic carbocycles. The highest BCUT2D eigenvalue weighted by atomic mass is 127. The van der Waals surface area contributed by atoms with Crippen molar-refractivity contribution in [2.45, 2.75) is 24.8 Å². The molecule has 0 saturated heterocycles. The Hall–Kier alpha value is -0.790. The summed E-state index contributed by atoms with van der Waals surface area (Å²) in [6, 6.07) is 12.8. The second kappa shape index (κ2) is 8.89. The van der Waals surface area contributed by atoms with Crippen molar-refractivity contribution in [3.8, 4) is 0 Å². The third-order valence-corrected chi connectivity index (χ3v) is 5.03. The van der Waals surface area contributed by atoms with Crippen LogP contribution in [0.3, 0.4) is 0 Å². The molecular formula is C17H21ClIN3S. The maximum Gasteiger partial charge on any atom is 0.191 e. The first kappa shape index (κ1) is 18.5. The summed E-state index contributed by atoms with van der Waals surface area (Å²) in [4.78, 5) is 5.70. The van der Waals surface area contributed by atoms with E-state index >= 15 is 0 Å². The summed E-state index contributed by atoms with van der Waals surface area (Å²) < 4.78 is 0. The number of nitrogens with zero attached hydrogens (tertiary/aromatic N) is 1. The highest BCUT2D eigenvalue weighted by Crippen LogP contribution is 2.41. The first-order chi connectivity index (χ1) is 10.8. The molecule has 2 unspecified atom stereocenters. The largest absolute Gasteiger partial charge is 0.356 e. The number of benzene rings is 1. The molecule has 3 rings (SSSR count). The Kier molecular flexibility index (Phi) is 7.17. The van der Waals surface area contributed by atoms with Crippen LogP contribution in [0.4, 0.5) is 0 Å². The van der Waals surface area contributed by atoms with Gasteiger partial charge >= 0.3 is 0 Å². The van der Waals surface area contributed by atoms with Gasteiger partial charge in [0.1, 0.15) is 0 Å². The number of halogens is 2. The van der Waals surface area contributed by atoms with Crippen LogP contribution in [0.15, 0.2) is 46.8 Å². The van der Waals surface area contributed by atoms with E-state index in [1.165, 1.54) is 10.4 Å². The van der Waals surface area contributed by atoms with E-state index in [1.807, 2.05) is 19.2 Å². The summed E-state index contributed by atoms with van der Waals surface area (Å²) in [5.41, 5.74) is 1.30. The minimum atomic E-state index is 0. The number of hydrogen-bond acceptors (Lipinski definition) is 2. The lowest BCUT2D eigenvalue weighted by Crippen LogP contribution is -2.39. The van der Waals surface area contributed by atoms with Crippen molar-refractivity contribution in [2.75, 3.05) is 13.6 Å². The van der Waals surface area contributed by atoms with Crippen LogP contribution in [0, 0.1) is 0 Å². The minimum Gasteiger partial charge on any atom is -0.356 e. The molecule has 1 fully saturated rings. The first-order valence-corrected chi connectivity index (χ1v) is 8.77. The molecule has 2 N–H and O–H groups in total. The van der Waals surface area contributed by atoms with Gasteiger partial charge in [0, 0.05) is 35.5 Å². The van der Waals surface area contributed by atoms with E-state index in [9.17, 15) is 0 Å². The van der Waals surface area contributed by atoms with Crippen LogP contribution in [0.2, 0.25) is 5.02 Å². The average Bonchev–Trinajstić information content (AvgIpc) is 3.09. The highest BCUT2D eigenvalue weighted by molar-refractivity contribution is 14.0. The zero-order valence-electron chi connectivity index (χ0n) is 13.0. The monoisotopic (exact) mass is 461 g/mol. The van der Waals surface area contributed by atoms with Gasteiger partial charge in [0.2, 0.25) is 0 Å². The third kappa shape index (κ3) is 5.36. The number of guanidine groups is 1. The molecule has 0 spiro atoms. The Balaban J connectivity index is 0.00000192. The molecular weight excluding hydrogens is 441 g/mol. The molecule has 1 saturated carbocycles. The molecule has 3 nitrogen and oxygen atoms in total. The number of rotatable bonds is 5. The zero-order valence-corrected chi connectivity index (χ0v) is 16.9. The van der Waals surface area contributed by atoms with E-state index in [-0.39, 0.29) is 24.0 Å². The normalized spacial score (nSPS) is 19.8. The Morgan fingerprint density at radius 1 is 1.35 bits per heavy atom. The summed E-state index contributed by atoms with van der Waals surface area (Å²) in [5, 5.41) is 9.79. The molecule has 1 aliphatic carbocycles. The van der Waals surface area contributed by atoms with Crippen LogP contribution >= 0.6 is 46.9 Å². The third-order valence-electron chi connectivity index (χ3n) is 3.86. The van der Waals surface area contributed by atoms with E-state index in [2.05, 4.69) is 45.3 Å². The second-order valence-corrected chi connectivity index (χ2v) is 6.95. The number of aliphatic imine (C=N–C) groups is 1. The molecule has 2 aromatic rings. The fraction of sp³-hybridized carbons (Fsp3) is 0.353. The van der Waals surface area contributed by atoms with Gasteiger partial charge in [0.15, 0.2) is 5.96 Å². The van der Waals surface area contributed by atoms with Crippen molar-refractivity contribution in [3.05, 3.63) is 57.2 Å². The molecule has 1 heterocycles. The van der Waals surface area contributed by atoms with Gasteiger partial charge in [0.25, 0.3) is 0 Å². The lowest BCUT2D eigenvalue weighted by Gasteiger charge is -2.11. The fourth-order valence-electron chi connectivity index (χ4n) is 2.59. The van der Waals surface area contributed by atoms with Crippen LogP contribution in [0.1, 0.15) is 22.8 Å². The van der Waals surface area contributed by atoms with Gasteiger partial charge in [-0.2, -0.15) is 0 Å². The fourth-order valence-corrected chi connectivity index (χ4v) is 3.50.